The van der Waals surface area contributed by atoms with Gasteiger partial charge in [0.2, 0.25) is 0 Å². The maximum Gasteiger partial charge on any atom is 0.272 e. The second-order valence-corrected chi connectivity index (χ2v) is 8.98. The van der Waals surface area contributed by atoms with Crippen molar-refractivity contribution in [3.8, 4) is 16.9 Å². The quantitative estimate of drug-likeness (QED) is 0.232. The molecule has 2 aromatic carbocycles. The summed E-state index contributed by atoms with van der Waals surface area (Å²) in [5.41, 5.74) is 8.51. The third kappa shape index (κ3) is 5.36. The number of rotatable bonds is 7. The largest absolute Gasteiger partial charge is 0.384 e. The van der Waals surface area contributed by atoms with Crippen molar-refractivity contribution < 1.29 is 9.59 Å². The molecule has 0 atom stereocenters. The number of aromatic nitrogens is 5. The van der Waals surface area contributed by atoms with Crippen LogP contribution in [0.1, 0.15) is 26.4 Å². The lowest BCUT2D eigenvalue weighted by Gasteiger charge is -2.12. The van der Waals surface area contributed by atoms with Crippen molar-refractivity contribution >= 4 is 46.7 Å². The van der Waals surface area contributed by atoms with Crippen LogP contribution < -0.4 is 16.4 Å². The molecule has 0 saturated heterocycles. The maximum atomic E-state index is 13.4. The summed E-state index contributed by atoms with van der Waals surface area (Å²) >= 11 is 12.8. The Hall–Kier alpha value is -4.67. The lowest BCUT2D eigenvalue weighted by Crippen LogP contribution is -2.23. The number of pyridine rings is 1. The molecule has 0 aliphatic rings. The number of hydrogen-bond donors (Lipinski definition) is 4. The lowest BCUT2D eigenvalue weighted by molar-refractivity contribution is 0.0944. The van der Waals surface area contributed by atoms with Crippen LogP contribution in [-0.2, 0) is 6.54 Å². The topological polar surface area (TPSA) is 144 Å². The van der Waals surface area contributed by atoms with Gasteiger partial charge in [0.25, 0.3) is 11.8 Å². The van der Waals surface area contributed by atoms with E-state index in [2.05, 4.69) is 30.9 Å². The zero-order valence-corrected chi connectivity index (χ0v) is 21.2. The van der Waals surface area contributed by atoms with Gasteiger partial charge in [0.1, 0.15) is 11.6 Å². The Morgan fingerprint density at radius 1 is 0.974 bits per heavy atom. The summed E-state index contributed by atoms with van der Waals surface area (Å²) in [7, 11) is 0. The molecule has 3 aromatic heterocycles. The van der Waals surface area contributed by atoms with Gasteiger partial charge >= 0.3 is 0 Å². The number of carbonyl (C=O) groups is 2. The number of anilines is 2. The molecular formula is C26H20Cl2N8O2. The number of para-hydroxylation sites is 1. The zero-order valence-electron chi connectivity index (χ0n) is 19.7. The van der Waals surface area contributed by atoms with Gasteiger partial charge in [0.05, 0.1) is 33.2 Å². The molecule has 38 heavy (non-hydrogen) atoms. The van der Waals surface area contributed by atoms with E-state index in [4.69, 9.17) is 28.9 Å². The Balaban J connectivity index is 1.46. The first-order valence-electron chi connectivity index (χ1n) is 11.3. The number of aromatic amines is 1. The fourth-order valence-corrected chi connectivity index (χ4v) is 4.26. The van der Waals surface area contributed by atoms with Crippen molar-refractivity contribution in [2.45, 2.75) is 6.54 Å². The number of H-pyrrole nitrogens is 1. The number of nitrogens with one attached hydrogen (secondary N) is 3. The number of amides is 2. The van der Waals surface area contributed by atoms with Crippen LogP contribution in [0.3, 0.4) is 0 Å². The van der Waals surface area contributed by atoms with Crippen LogP contribution >= 0.6 is 23.2 Å². The molecule has 5 rings (SSSR count). The molecule has 190 valence electrons. The highest BCUT2D eigenvalue weighted by atomic mass is 35.5. The predicted octanol–water partition coefficient (Wildman–Crippen LogP) is 4.73. The molecular weight excluding hydrogens is 527 g/mol. The second kappa shape index (κ2) is 10.8. The molecule has 10 nitrogen and oxygen atoms in total. The Kier molecular flexibility index (Phi) is 7.07. The molecule has 0 aliphatic heterocycles. The highest BCUT2D eigenvalue weighted by Crippen LogP contribution is 2.33. The minimum absolute atomic E-state index is 0.111. The van der Waals surface area contributed by atoms with Crippen LogP contribution in [0.25, 0.3) is 16.9 Å². The van der Waals surface area contributed by atoms with Crippen molar-refractivity contribution in [2.75, 3.05) is 11.1 Å². The molecule has 5 N–H and O–H groups in total. The molecule has 12 heteroatoms. The minimum atomic E-state index is -0.528. The Morgan fingerprint density at radius 2 is 1.79 bits per heavy atom. The average molecular weight is 547 g/mol. The first kappa shape index (κ1) is 25.0. The summed E-state index contributed by atoms with van der Waals surface area (Å²) in [4.78, 5) is 30.5. The van der Waals surface area contributed by atoms with Crippen molar-refractivity contribution in [3.63, 3.8) is 0 Å². The minimum Gasteiger partial charge on any atom is -0.384 e. The number of nitrogen functional groups attached to an aromatic ring is 1. The van der Waals surface area contributed by atoms with Gasteiger partial charge in [-0.25, -0.2) is 9.67 Å². The predicted molar refractivity (Wildman–Crippen MR) is 145 cm³/mol. The number of nitrogens with zero attached hydrogens (tertiary/aromatic N) is 4. The summed E-state index contributed by atoms with van der Waals surface area (Å²) in [6, 6.07) is 18.7. The number of halogens is 2. The summed E-state index contributed by atoms with van der Waals surface area (Å²) in [5, 5.41) is 17.0. The van der Waals surface area contributed by atoms with Crippen LogP contribution in [0.5, 0.6) is 0 Å². The van der Waals surface area contributed by atoms with Gasteiger partial charge in [-0.2, -0.15) is 10.2 Å². The fraction of sp³-hybridized carbons (Fsp3) is 0.0385. The van der Waals surface area contributed by atoms with E-state index in [9.17, 15) is 9.59 Å². The molecule has 0 saturated carbocycles. The van der Waals surface area contributed by atoms with Gasteiger partial charge < -0.3 is 16.4 Å². The highest BCUT2D eigenvalue weighted by molar-refractivity contribution is 6.38. The van der Waals surface area contributed by atoms with Crippen LogP contribution in [0.15, 0.2) is 79.1 Å². The van der Waals surface area contributed by atoms with E-state index >= 15 is 0 Å². The van der Waals surface area contributed by atoms with E-state index in [0.717, 1.165) is 5.56 Å². The molecule has 5 aromatic rings. The number of benzene rings is 2. The van der Waals surface area contributed by atoms with Gasteiger partial charge in [-0.15, -0.1) is 0 Å². The smallest absolute Gasteiger partial charge is 0.272 e. The van der Waals surface area contributed by atoms with E-state index < -0.39 is 11.8 Å². The molecule has 0 bridgehead atoms. The zero-order chi connectivity index (χ0) is 26.6. The van der Waals surface area contributed by atoms with Gasteiger partial charge in [-0.05, 0) is 36.4 Å². The third-order valence-corrected chi connectivity index (χ3v) is 6.17. The molecule has 2 amide bonds. The van der Waals surface area contributed by atoms with E-state index in [-0.39, 0.29) is 28.6 Å². The first-order chi connectivity index (χ1) is 18.4. The highest BCUT2D eigenvalue weighted by Gasteiger charge is 2.21. The fourth-order valence-electron chi connectivity index (χ4n) is 3.70. The van der Waals surface area contributed by atoms with E-state index in [1.165, 1.54) is 16.8 Å². The molecule has 0 unspecified atom stereocenters. The van der Waals surface area contributed by atoms with Crippen molar-refractivity contribution in [3.05, 3.63) is 106 Å². The van der Waals surface area contributed by atoms with E-state index in [1.54, 1.807) is 48.8 Å². The SMILES string of the molecule is Nc1cccc(-c2cc(C(=O)Nc3cc(C(=O)NCc4cn[nH]c4)nn3-c3ccccc3)c(Cl)cc2Cl)n1. The Bertz CT molecular complexity index is 1620. The standard InChI is InChI=1S/C26H20Cl2N8O2/c27-19-10-20(28)18(9-17(19)21-7-4-8-23(29)33-21)25(37)34-24-11-22(26(38)30-12-15-13-31-32-14-15)35-36(24)16-5-2-1-3-6-16/h1-11,13-14H,12H2,(H2,29,33)(H,30,38)(H,31,32)(H,34,37). The van der Waals surface area contributed by atoms with Gasteiger partial charge in [-0.3, -0.25) is 14.7 Å². The van der Waals surface area contributed by atoms with Crippen LogP contribution in [0, 0.1) is 0 Å². The third-order valence-electron chi connectivity index (χ3n) is 5.54. The molecule has 0 radical (unpaired) electrons. The molecule has 0 fully saturated rings. The summed E-state index contributed by atoms with van der Waals surface area (Å²) < 4.78 is 1.47. The maximum absolute atomic E-state index is 13.4. The normalized spacial score (nSPS) is 10.8. The van der Waals surface area contributed by atoms with Gasteiger partial charge in [0, 0.05) is 29.9 Å². The Morgan fingerprint density at radius 3 is 2.53 bits per heavy atom. The van der Waals surface area contributed by atoms with Crippen LogP contribution in [0.4, 0.5) is 11.6 Å². The molecule has 3 heterocycles. The van der Waals surface area contributed by atoms with Crippen molar-refractivity contribution in [1.29, 1.82) is 0 Å². The Labute approximate surface area is 226 Å². The summed E-state index contributed by atoms with van der Waals surface area (Å²) in [6.45, 7) is 0.260. The van der Waals surface area contributed by atoms with Gasteiger partial charge in [-0.1, -0.05) is 47.5 Å². The molecule has 0 spiro atoms. The number of carbonyl (C=O) groups excluding carboxylic acids is 2. The average Bonchev–Trinajstić information content (AvgIpc) is 3.58. The van der Waals surface area contributed by atoms with Crippen LogP contribution in [-0.4, -0.2) is 36.8 Å². The molecule has 0 aliphatic carbocycles. The van der Waals surface area contributed by atoms with Crippen molar-refractivity contribution in [2.24, 2.45) is 0 Å². The number of hydrogen-bond acceptors (Lipinski definition) is 6. The first-order valence-corrected chi connectivity index (χ1v) is 12.1. The second-order valence-electron chi connectivity index (χ2n) is 8.17. The van der Waals surface area contributed by atoms with E-state index in [0.29, 0.717) is 27.8 Å². The summed E-state index contributed by atoms with van der Waals surface area (Å²) in [5.74, 6) is -0.371. The number of nitrogens with two attached hydrogens (primary N) is 1. The van der Waals surface area contributed by atoms with Gasteiger partial charge in [0.15, 0.2) is 5.69 Å². The van der Waals surface area contributed by atoms with Crippen molar-refractivity contribution in [1.82, 2.24) is 30.3 Å². The monoisotopic (exact) mass is 546 g/mol. The van der Waals surface area contributed by atoms with E-state index in [1.807, 2.05) is 18.2 Å². The lowest BCUT2D eigenvalue weighted by atomic mass is 10.1. The summed E-state index contributed by atoms with van der Waals surface area (Å²) in [6.07, 6.45) is 3.29. The van der Waals surface area contributed by atoms with Crippen LogP contribution in [0.2, 0.25) is 10.0 Å².